The van der Waals surface area contributed by atoms with Crippen LogP contribution in [0.1, 0.15) is 17.0 Å². The summed E-state index contributed by atoms with van der Waals surface area (Å²) >= 11 is 0. The summed E-state index contributed by atoms with van der Waals surface area (Å²) in [5.41, 5.74) is 1.70. The van der Waals surface area contributed by atoms with E-state index in [1.807, 2.05) is 30.0 Å². The molecule has 0 saturated carbocycles. The highest BCUT2D eigenvalue weighted by atomic mass is 16.5. The number of aromatic nitrogens is 1. The number of benzene rings is 1. The van der Waals surface area contributed by atoms with Crippen molar-refractivity contribution < 1.29 is 23.5 Å². The lowest BCUT2D eigenvalue weighted by molar-refractivity contribution is -0.129. The number of hydrogen-bond donors (Lipinski definition) is 0. The van der Waals surface area contributed by atoms with Crippen LogP contribution < -0.4 is 9.47 Å². The van der Waals surface area contributed by atoms with E-state index in [4.69, 9.17) is 18.7 Å². The molecule has 2 heterocycles. The first-order valence-electron chi connectivity index (χ1n) is 8.97. The Hall–Kier alpha value is -2.54. The molecule has 7 heteroatoms. The van der Waals surface area contributed by atoms with Gasteiger partial charge in [-0.15, -0.1) is 0 Å². The van der Waals surface area contributed by atoms with Crippen molar-refractivity contribution in [3.63, 3.8) is 0 Å². The largest absolute Gasteiger partial charge is 0.497 e. The van der Waals surface area contributed by atoms with Gasteiger partial charge >= 0.3 is 0 Å². The predicted octanol–water partition coefficient (Wildman–Crippen LogP) is 2.26. The van der Waals surface area contributed by atoms with Crippen LogP contribution in [0.25, 0.3) is 0 Å². The molecule has 1 aromatic carbocycles. The molecule has 2 atom stereocenters. The van der Waals surface area contributed by atoms with Gasteiger partial charge in [0.15, 0.2) is 0 Å². The van der Waals surface area contributed by atoms with Crippen LogP contribution in [-0.2, 0) is 22.4 Å². The summed E-state index contributed by atoms with van der Waals surface area (Å²) in [5, 5.41) is 3.93. The van der Waals surface area contributed by atoms with Gasteiger partial charge in [-0.3, -0.25) is 4.79 Å². The molecule has 1 aromatic heterocycles. The summed E-state index contributed by atoms with van der Waals surface area (Å²) in [6.45, 7) is 3.11. The Morgan fingerprint density at radius 2 is 2.04 bits per heavy atom. The van der Waals surface area contributed by atoms with E-state index < -0.39 is 0 Å². The lowest BCUT2D eigenvalue weighted by Gasteiger charge is -2.17. The Morgan fingerprint density at radius 1 is 1.22 bits per heavy atom. The number of carbonyl (C=O) groups is 1. The molecule has 0 radical (unpaired) electrons. The highest BCUT2D eigenvalue weighted by molar-refractivity contribution is 5.80. The Balaban J connectivity index is 1.66. The molecule has 0 aliphatic carbocycles. The zero-order valence-corrected chi connectivity index (χ0v) is 16.2. The van der Waals surface area contributed by atoms with E-state index in [1.54, 1.807) is 27.4 Å². The van der Waals surface area contributed by atoms with Crippen molar-refractivity contribution in [1.29, 1.82) is 0 Å². The molecular formula is C20H26N2O5. The minimum Gasteiger partial charge on any atom is -0.497 e. The maximum atomic E-state index is 12.8. The van der Waals surface area contributed by atoms with E-state index in [-0.39, 0.29) is 24.3 Å². The van der Waals surface area contributed by atoms with Gasteiger partial charge in [0.25, 0.3) is 0 Å². The van der Waals surface area contributed by atoms with E-state index >= 15 is 0 Å². The van der Waals surface area contributed by atoms with Gasteiger partial charge in [0.05, 0.1) is 32.4 Å². The van der Waals surface area contributed by atoms with Gasteiger partial charge in [-0.25, -0.2) is 0 Å². The van der Waals surface area contributed by atoms with Crippen LogP contribution in [0.3, 0.4) is 0 Å². The first-order valence-corrected chi connectivity index (χ1v) is 8.97. The molecule has 2 aromatic rings. The third kappa shape index (κ3) is 4.42. The summed E-state index contributed by atoms with van der Waals surface area (Å²) in [6.07, 6.45) is 0.962. The fourth-order valence-electron chi connectivity index (χ4n) is 3.55. The van der Waals surface area contributed by atoms with E-state index in [0.717, 1.165) is 17.0 Å². The number of aryl methyl sites for hydroxylation is 1. The Morgan fingerprint density at radius 3 is 2.67 bits per heavy atom. The SMILES string of the molecule is COc1ccc(CC(=O)N2C[C@@H](Cc3cc(C)no3)[C@@H](OC)C2)c(OC)c1. The van der Waals surface area contributed by atoms with Crippen molar-refractivity contribution in [2.75, 3.05) is 34.4 Å². The van der Waals surface area contributed by atoms with Gasteiger partial charge in [0.2, 0.25) is 5.91 Å². The Labute approximate surface area is 159 Å². The third-order valence-corrected chi connectivity index (χ3v) is 5.01. The monoisotopic (exact) mass is 374 g/mol. The van der Waals surface area contributed by atoms with Gasteiger partial charge < -0.3 is 23.6 Å². The topological polar surface area (TPSA) is 74.0 Å². The van der Waals surface area contributed by atoms with Crippen LogP contribution in [0.15, 0.2) is 28.8 Å². The molecule has 7 nitrogen and oxygen atoms in total. The van der Waals surface area contributed by atoms with Crippen molar-refractivity contribution in [2.45, 2.75) is 25.9 Å². The molecular weight excluding hydrogens is 348 g/mol. The van der Waals surface area contributed by atoms with Gasteiger partial charge in [0.1, 0.15) is 17.3 Å². The molecule has 27 heavy (non-hydrogen) atoms. The molecule has 1 aliphatic rings. The summed E-state index contributed by atoms with van der Waals surface area (Å²) in [7, 11) is 4.88. The maximum absolute atomic E-state index is 12.8. The summed E-state index contributed by atoms with van der Waals surface area (Å²) < 4.78 is 21.5. The zero-order chi connectivity index (χ0) is 19.4. The lowest BCUT2D eigenvalue weighted by atomic mass is 10.0. The van der Waals surface area contributed by atoms with Crippen LogP contribution in [0, 0.1) is 12.8 Å². The number of likely N-dealkylation sites (tertiary alicyclic amines) is 1. The Kier molecular flexibility index (Phi) is 6.01. The van der Waals surface area contributed by atoms with Crippen LogP contribution in [0.4, 0.5) is 0 Å². The molecule has 0 bridgehead atoms. The van der Waals surface area contributed by atoms with Crippen molar-refractivity contribution in [1.82, 2.24) is 10.1 Å². The highest BCUT2D eigenvalue weighted by Gasteiger charge is 2.36. The van der Waals surface area contributed by atoms with Gasteiger partial charge in [-0.05, 0) is 13.0 Å². The number of rotatable bonds is 7. The molecule has 0 unspecified atom stereocenters. The lowest BCUT2D eigenvalue weighted by Crippen LogP contribution is -2.31. The minimum absolute atomic E-state index is 0.0166. The van der Waals surface area contributed by atoms with Crippen LogP contribution >= 0.6 is 0 Å². The van der Waals surface area contributed by atoms with Crippen molar-refractivity contribution in [3.8, 4) is 11.5 Å². The zero-order valence-electron chi connectivity index (χ0n) is 16.2. The third-order valence-electron chi connectivity index (χ3n) is 5.01. The molecule has 1 saturated heterocycles. The van der Waals surface area contributed by atoms with E-state index in [2.05, 4.69) is 5.16 Å². The molecule has 1 aliphatic heterocycles. The average molecular weight is 374 g/mol. The maximum Gasteiger partial charge on any atom is 0.227 e. The molecule has 146 valence electrons. The number of amides is 1. The van der Waals surface area contributed by atoms with E-state index in [0.29, 0.717) is 31.0 Å². The molecule has 1 fully saturated rings. The van der Waals surface area contributed by atoms with Crippen LogP contribution in [0.5, 0.6) is 11.5 Å². The first kappa shape index (κ1) is 19.2. The highest BCUT2D eigenvalue weighted by Crippen LogP contribution is 2.28. The predicted molar refractivity (Wildman–Crippen MR) is 99.1 cm³/mol. The van der Waals surface area contributed by atoms with E-state index in [9.17, 15) is 4.79 Å². The molecule has 3 rings (SSSR count). The van der Waals surface area contributed by atoms with Crippen molar-refractivity contribution in [3.05, 3.63) is 41.3 Å². The number of carbonyl (C=O) groups excluding carboxylic acids is 1. The second-order valence-electron chi connectivity index (χ2n) is 6.83. The summed E-state index contributed by atoms with van der Waals surface area (Å²) in [6, 6.07) is 7.43. The Bertz CT molecular complexity index is 788. The van der Waals surface area contributed by atoms with Crippen LogP contribution in [0.2, 0.25) is 0 Å². The second kappa shape index (κ2) is 8.43. The fraction of sp³-hybridized carbons (Fsp3) is 0.500. The quantitative estimate of drug-likeness (QED) is 0.740. The normalized spacial score (nSPS) is 19.3. The van der Waals surface area contributed by atoms with Gasteiger partial charge in [-0.1, -0.05) is 11.2 Å². The number of hydrogen-bond acceptors (Lipinski definition) is 6. The van der Waals surface area contributed by atoms with Gasteiger partial charge in [-0.2, -0.15) is 0 Å². The average Bonchev–Trinajstić information content (AvgIpc) is 3.28. The van der Waals surface area contributed by atoms with Crippen molar-refractivity contribution in [2.24, 2.45) is 5.92 Å². The van der Waals surface area contributed by atoms with Crippen LogP contribution in [-0.4, -0.2) is 56.5 Å². The molecule has 0 N–H and O–H groups in total. The molecule has 1 amide bonds. The second-order valence-corrected chi connectivity index (χ2v) is 6.83. The first-order chi connectivity index (χ1) is 13.0. The molecule has 0 spiro atoms. The number of methoxy groups -OCH3 is 3. The fourth-order valence-corrected chi connectivity index (χ4v) is 3.55. The van der Waals surface area contributed by atoms with E-state index in [1.165, 1.54) is 0 Å². The summed E-state index contributed by atoms with van der Waals surface area (Å²) in [5.74, 6) is 2.41. The van der Waals surface area contributed by atoms with Crippen molar-refractivity contribution >= 4 is 5.91 Å². The standard InChI is InChI=1S/C20H26N2O5/c1-13-7-17(27-21-13)8-15-11-22(12-19(15)26-4)20(23)9-14-5-6-16(24-2)10-18(14)25-3/h5-7,10,15,19H,8-9,11-12H2,1-4H3/t15-,19+/m1/s1. The minimum atomic E-state index is -0.0166. The van der Waals surface area contributed by atoms with Gasteiger partial charge in [0, 0.05) is 50.2 Å². The number of nitrogens with zero attached hydrogens (tertiary/aromatic N) is 2. The summed E-state index contributed by atoms with van der Waals surface area (Å²) in [4.78, 5) is 14.7. The smallest absolute Gasteiger partial charge is 0.227 e. The number of ether oxygens (including phenoxy) is 3.